The van der Waals surface area contributed by atoms with E-state index in [1.54, 1.807) is 0 Å². The number of hydrogen-bond acceptors (Lipinski definition) is 6. The molecule has 112 valence electrons. The van der Waals surface area contributed by atoms with Gasteiger partial charge in [0.05, 0.1) is 24.7 Å². The van der Waals surface area contributed by atoms with Gasteiger partial charge in [-0.3, -0.25) is 10.1 Å². The Labute approximate surface area is 118 Å². The highest BCUT2D eigenvalue weighted by molar-refractivity contribution is 5.63. The van der Waals surface area contributed by atoms with Crippen LogP contribution in [0.25, 0.3) is 0 Å². The molecule has 0 unspecified atom stereocenters. The lowest BCUT2D eigenvalue weighted by Gasteiger charge is -2.10. The van der Waals surface area contributed by atoms with Crippen LogP contribution in [0.2, 0.25) is 0 Å². The van der Waals surface area contributed by atoms with Gasteiger partial charge in [-0.15, -0.1) is 0 Å². The molecule has 1 rings (SSSR count). The summed E-state index contributed by atoms with van der Waals surface area (Å²) in [6, 6.07) is 4.83. The molecule has 20 heavy (non-hydrogen) atoms. The first-order valence-corrected chi connectivity index (χ1v) is 6.63. The summed E-state index contributed by atoms with van der Waals surface area (Å²) < 4.78 is 5.12. The Kier molecular flexibility index (Phi) is 7.38. The fraction of sp³-hybridized carbons (Fsp3) is 0.538. The molecule has 1 aromatic carbocycles. The van der Waals surface area contributed by atoms with Crippen molar-refractivity contribution in [1.29, 1.82) is 0 Å². The standard InChI is InChI=1S/C13H21N3O4/c1-2-3-14-11-8-12(10-13(9-11)16(18)19)15-4-6-20-7-5-17/h8-10,14-15,17H,2-7H2,1H3. The first kappa shape index (κ1) is 16.2. The maximum absolute atomic E-state index is 10.9. The van der Waals surface area contributed by atoms with Crippen LogP contribution in [-0.2, 0) is 4.74 Å². The predicted octanol–water partition coefficient (Wildman–Crippen LogP) is 1.84. The molecule has 0 aromatic heterocycles. The third kappa shape index (κ3) is 5.85. The number of aliphatic hydroxyl groups is 1. The number of nitro benzene ring substituents is 1. The van der Waals surface area contributed by atoms with E-state index in [9.17, 15) is 10.1 Å². The lowest BCUT2D eigenvalue weighted by molar-refractivity contribution is -0.384. The van der Waals surface area contributed by atoms with Crippen molar-refractivity contribution < 1.29 is 14.8 Å². The molecule has 0 spiro atoms. The van der Waals surface area contributed by atoms with E-state index < -0.39 is 4.92 Å². The zero-order chi connectivity index (χ0) is 14.8. The van der Waals surface area contributed by atoms with Crippen LogP contribution < -0.4 is 10.6 Å². The topological polar surface area (TPSA) is 96.7 Å². The lowest BCUT2D eigenvalue weighted by Crippen LogP contribution is -2.11. The summed E-state index contributed by atoms with van der Waals surface area (Å²) in [7, 11) is 0. The van der Waals surface area contributed by atoms with Crippen LogP contribution in [0.1, 0.15) is 13.3 Å². The molecule has 1 aromatic rings. The Hall–Kier alpha value is -1.86. The minimum atomic E-state index is -0.412. The summed E-state index contributed by atoms with van der Waals surface area (Å²) in [4.78, 5) is 10.5. The Morgan fingerprint density at radius 2 is 1.85 bits per heavy atom. The molecule has 0 saturated carbocycles. The number of hydrogen-bond donors (Lipinski definition) is 3. The number of rotatable bonds is 10. The third-order valence-electron chi connectivity index (χ3n) is 2.52. The number of anilines is 2. The van der Waals surface area contributed by atoms with Gasteiger partial charge < -0.3 is 20.5 Å². The highest BCUT2D eigenvalue weighted by Gasteiger charge is 2.09. The van der Waals surface area contributed by atoms with Gasteiger partial charge in [-0.1, -0.05) is 6.92 Å². The quantitative estimate of drug-likeness (QED) is 0.344. The van der Waals surface area contributed by atoms with Crippen molar-refractivity contribution in [3.05, 3.63) is 28.3 Å². The summed E-state index contributed by atoms with van der Waals surface area (Å²) in [6.07, 6.45) is 0.945. The number of non-ortho nitro benzene ring substituents is 1. The van der Waals surface area contributed by atoms with E-state index in [4.69, 9.17) is 9.84 Å². The summed E-state index contributed by atoms with van der Waals surface area (Å²) in [5.74, 6) is 0. The van der Waals surface area contributed by atoms with Gasteiger partial charge >= 0.3 is 0 Å². The molecule has 0 aliphatic heterocycles. The number of nitrogens with one attached hydrogen (secondary N) is 2. The van der Waals surface area contributed by atoms with Crippen LogP contribution in [0.4, 0.5) is 17.1 Å². The van der Waals surface area contributed by atoms with E-state index in [0.717, 1.165) is 18.7 Å². The summed E-state index contributed by atoms with van der Waals surface area (Å²) in [5.41, 5.74) is 1.44. The number of benzene rings is 1. The maximum atomic E-state index is 10.9. The van der Waals surface area contributed by atoms with Gasteiger partial charge in [-0.25, -0.2) is 0 Å². The molecule has 0 aliphatic rings. The van der Waals surface area contributed by atoms with Crippen molar-refractivity contribution in [3.8, 4) is 0 Å². The second-order valence-corrected chi connectivity index (χ2v) is 4.22. The highest BCUT2D eigenvalue weighted by atomic mass is 16.6. The summed E-state index contributed by atoms with van der Waals surface area (Å²) in [6.45, 7) is 4.03. The SMILES string of the molecule is CCCNc1cc(NCCOCCO)cc([N+](=O)[O-])c1. The van der Waals surface area contributed by atoms with Crippen LogP contribution in [0, 0.1) is 10.1 Å². The van der Waals surface area contributed by atoms with Crippen molar-refractivity contribution >= 4 is 17.1 Å². The van der Waals surface area contributed by atoms with Crippen molar-refractivity contribution in [2.24, 2.45) is 0 Å². The second-order valence-electron chi connectivity index (χ2n) is 4.22. The molecule has 0 heterocycles. The number of aliphatic hydroxyl groups excluding tert-OH is 1. The predicted molar refractivity (Wildman–Crippen MR) is 78.3 cm³/mol. The average molecular weight is 283 g/mol. The molecule has 0 aliphatic carbocycles. The minimum absolute atomic E-state index is 0.0120. The van der Waals surface area contributed by atoms with Gasteiger partial charge in [0, 0.05) is 36.6 Å². The molecule has 0 radical (unpaired) electrons. The molecule has 0 bridgehead atoms. The van der Waals surface area contributed by atoms with E-state index in [1.807, 2.05) is 13.0 Å². The first-order chi connectivity index (χ1) is 9.67. The zero-order valence-electron chi connectivity index (χ0n) is 11.6. The molecule has 0 amide bonds. The second kappa shape index (κ2) is 9.11. The van der Waals surface area contributed by atoms with Crippen LogP contribution in [0.5, 0.6) is 0 Å². The molecule has 7 nitrogen and oxygen atoms in total. The Morgan fingerprint density at radius 3 is 2.40 bits per heavy atom. The monoisotopic (exact) mass is 283 g/mol. The fourth-order valence-electron chi connectivity index (χ4n) is 1.62. The molecular weight excluding hydrogens is 262 g/mol. The summed E-state index contributed by atoms with van der Waals surface area (Å²) >= 11 is 0. The van der Waals surface area contributed by atoms with Gasteiger partial charge in [0.1, 0.15) is 0 Å². The smallest absolute Gasteiger partial charge is 0.273 e. The number of ether oxygens (including phenoxy) is 1. The average Bonchev–Trinajstić information content (AvgIpc) is 2.44. The van der Waals surface area contributed by atoms with E-state index in [1.165, 1.54) is 12.1 Å². The Bertz CT molecular complexity index is 426. The van der Waals surface area contributed by atoms with E-state index in [0.29, 0.717) is 25.4 Å². The van der Waals surface area contributed by atoms with E-state index in [-0.39, 0.29) is 12.3 Å². The number of nitrogens with zero attached hydrogens (tertiary/aromatic N) is 1. The number of nitro groups is 1. The van der Waals surface area contributed by atoms with Gasteiger partial charge in [-0.05, 0) is 12.5 Å². The van der Waals surface area contributed by atoms with Crippen LogP contribution in [-0.4, -0.2) is 42.9 Å². The lowest BCUT2D eigenvalue weighted by atomic mass is 10.2. The van der Waals surface area contributed by atoms with Crippen molar-refractivity contribution in [2.45, 2.75) is 13.3 Å². The normalized spacial score (nSPS) is 10.3. The van der Waals surface area contributed by atoms with Crippen LogP contribution >= 0.6 is 0 Å². The Balaban J connectivity index is 2.63. The van der Waals surface area contributed by atoms with Gasteiger partial charge in [0.2, 0.25) is 0 Å². The zero-order valence-corrected chi connectivity index (χ0v) is 11.6. The van der Waals surface area contributed by atoms with Crippen LogP contribution in [0.3, 0.4) is 0 Å². The van der Waals surface area contributed by atoms with Crippen LogP contribution in [0.15, 0.2) is 18.2 Å². The molecule has 3 N–H and O–H groups in total. The van der Waals surface area contributed by atoms with Gasteiger partial charge in [0.25, 0.3) is 5.69 Å². The van der Waals surface area contributed by atoms with Gasteiger partial charge in [0.15, 0.2) is 0 Å². The molecule has 0 fully saturated rings. The molecular formula is C13H21N3O4. The van der Waals surface area contributed by atoms with Crippen molar-refractivity contribution in [3.63, 3.8) is 0 Å². The molecule has 0 atom stereocenters. The van der Waals surface area contributed by atoms with E-state index >= 15 is 0 Å². The van der Waals surface area contributed by atoms with Gasteiger partial charge in [-0.2, -0.15) is 0 Å². The molecule has 7 heteroatoms. The summed E-state index contributed by atoms with van der Waals surface area (Å²) in [5, 5.41) is 25.7. The van der Waals surface area contributed by atoms with E-state index in [2.05, 4.69) is 10.6 Å². The highest BCUT2D eigenvalue weighted by Crippen LogP contribution is 2.24. The maximum Gasteiger partial charge on any atom is 0.273 e. The van der Waals surface area contributed by atoms with Crippen molar-refractivity contribution in [1.82, 2.24) is 0 Å². The minimum Gasteiger partial charge on any atom is -0.394 e. The molecule has 0 saturated heterocycles. The first-order valence-electron chi connectivity index (χ1n) is 6.63. The fourth-order valence-corrected chi connectivity index (χ4v) is 1.62. The largest absolute Gasteiger partial charge is 0.394 e. The third-order valence-corrected chi connectivity index (χ3v) is 2.52. The Morgan fingerprint density at radius 1 is 1.20 bits per heavy atom. The van der Waals surface area contributed by atoms with Crippen molar-refractivity contribution in [2.75, 3.05) is 43.5 Å².